The summed E-state index contributed by atoms with van der Waals surface area (Å²) in [4.78, 5) is 3.82. The van der Waals surface area contributed by atoms with Gasteiger partial charge >= 0.3 is 0 Å². The highest BCUT2D eigenvalue weighted by molar-refractivity contribution is 5.85. The molecular formula is C17H18FN3O. The van der Waals surface area contributed by atoms with E-state index in [0.29, 0.717) is 12.2 Å². The van der Waals surface area contributed by atoms with Crippen LogP contribution in [-0.4, -0.2) is 21.3 Å². The number of anilines is 1. The van der Waals surface area contributed by atoms with Gasteiger partial charge in [-0.15, -0.1) is 0 Å². The molecule has 22 heavy (non-hydrogen) atoms. The monoisotopic (exact) mass is 299 g/mol. The van der Waals surface area contributed by atoms with Gasteiger partial charge in [0.1, 0.15) is 5.75 Å². The first kappa shape index (κ1) is 14.4. The predicted molar refractivity (Wildman–Crippen MR) is 85.6 cm³/mol. The molecule has 3 rings (SSSR count). The van der Waals surface area contributed by atoms with Crippen molar-refractivity contribution in [1.82, 2.24) is 9.66 Å². The maximum Gasteiger partial charge on any atom is 0.166 e. The van der Waals surface area contributed by atoms with Crippen molar-refractivity contribution in [3.63, 3.8) is 0 Å². The Hall–Kier alpha value is -2.56. The fraction of sp³-hybridized carbons (Fsp3) is 0.235. The number of benzene rings is 1. The Bertz CT molecular complexity index is 813. The number of fused-ring (bicyclic) bond motifs is 1. The average Bonchev–Trinajstić information content (AvgIpc) is 2.82. The van der Waals surface area contributed by atoms with Gasteiger partial charge in [-0.25, -0.2) is 4.39 Å². The fourth-order valence-corrected chi connectivity index (χ4v) is 2.70. The number of rotatable bonds is 4. The summed E-state index contributed by atoms with van der Waals surface area (Å²) >= 11 is 0. The molecule has 0 unspecified atom stereocenters. The van der Waals surface area contributed by atoms with E-state index in [0.717, 1.165) is 22.9 Å². The Kier molecular flexibility index (Phi) is 3.71. The van der Waals surface area contributed by atoms with Gasteiger partial charge in [-0.05, 0) is 43.2 Å². The molecule has 1 N–H and O–H groups in total. The van der Waals surface area contributed by atoms with Gasteiger partial charge in [0.15, 0.2) is 5.82 Å². The topological polar surface area (TPSA) is 41.3 Å². The third-order valence-corrected chi connectivity index (χ3v) is 3.69. The van der Waals surface area contributed by atoms with Gasteiger partial charge in [-0.1, -0.05) is 6.92 Å². The van der Waals surface area contributed by atoms with E-state index in [1.165, 1.54) is 6.20 Å². The lowest BCUT2D eigenvalue weighted by atomic mass is 10.2. The fourth-order valence-electron chi connectivity index (χ4n) is 2.70. The molecule has 1 aromatic carbocycles. The summed E-state index contributed by atoms with van der Waals surface area (Å²) in [6.45, 7) is 4.70. The van der Waals surface area contributed by atoms with Crippen LogP contribution in [-0.2, 0) is 0 Å². The van der Waals surface area contributed by atoms with Crippen molar-refractivity contribution >= 4 is 16.6 Å². The number of aromatic nitrogens is 2. The van der Waals surface area contributed by atoms with E-state index in [1.807, 2.05) is 28.9 Å². The number of hydrogen-bond acceptors (Lipinski definition) is 3. The maximum absolute atomic E-state index is 14.2. The van der Waals surface area contributed by atoms with Crippen LogP contribution in [0.3, 0.4) is 0 Å². The van der Waals surface area contributed by atoms with Gasteiger partial charge in [-0.3, -0.25) is 14.7 Å². The minimum absolute atomic E-state index is 0.227. The number of pyridine rings is 1. The summed E-state index contributed by atoms with van der Waals surface area (Å²) in [7, 11) is 0. The lowest BCUT2D eigenvalue weighted by Gasteiger charge is -2.26. The van der Waals surface area contributed by atoms with Crippen LogP contribution >= 0.6 is 0 Å². The highest BCUT2D eigenvalue weighted by Crippen LogP contribution is 2.28. The molecule has 2 heterocycles. The van der Waals surface area contributed by atoms with Gasteiger partial charge in [-0.2, -0.15) is 0 Å². The molecule has 2 aromatic heterocycles. The second-order valence-electron chi connectivity index (χ2n) is 5.31. The van der Waals surface area contributed by atoms with Crippen LogP contribution in [0.15, 0.2) is 42.9 Å². The zero-order chi connectivity index (χ0) is 15.7. The highest BCUT2D eigenvalue weighted by atomic mass is 19.1. The number of nitrogens with zero attached hydrogens (tertiary/aromatic N) is 3. The second-order valence-corrected chi connectivity index (χ2v) is 5.31. The number of halogens is 1. The molecule has 0 amide bonds. The maximum atomic E-state index is 14.2. The summed E-state index contributed by atoms with van der Waals surface area (Å²) in [5.74, 6) is -0.125. The van der Waals surface area contributed by atoms with Crippen molar-refractivity contribution in [2.45, 2.75) is 20.3 Å². The molecule has 0 radical (unpaired) electrons. The number of hydrogen-bond donors (Lipinski definition) is 1. The minimum Gasteiger partial charge on any atom is -0.508 e. The second kappa shape index (κ2) is 5.67. The molecule has 0 aliphatic carbocycles. The van der Waals surface area contributed by atoms with Crippen molar-refractivity contribution in [2.24, 2.45) is 0 Å². The number of phenols is 1. The number of phenolic OH excluding ortho intramolecular Hbond substituents is 1. The molecule has 114 valence electrons. The predicted octanol–water partition coefficient (Wildman–Crippen LogP) is 3.87. The van der Waals surface area contributed by atoms with Crippen LogP contribution < -0.4 is 5.01 Å². The van der Waals surface area contributed by atoms with E-state index in [4.69, 9.17) is 0 Å². The normalized spacial score (nSPS) is 11.0. The minimum atomic E-state index is -0.353. The van der Waals surface area contributed by atoms with E-state index < -0.39 is 0 Å². The molecule has 0 saturated carbocycles. The van der Waals surface area contributed by atoms with Crippen LogP contribution in [0.25, 0.3) is 10.9 Å². The number of aromatic hydroxyl groups is 1. The van der Waals surface area contributed by atoms with Crippen LogP contribution in [0.2, 0.25) is 0 Å². The average molecular weight is 299 g/mol. The van der Waals surface area contributed by atoms with Crippen molar-refractivity contribution in [2.75, 3.05) is 11.6 Å². The standard InChI is InChI=1S/C17H18FN3O/c1-3-8-20(17-6-7-19-10-15(17)18)21-11-12(2)14-9-13(22)4-5-16(14)21/h4-7,9-11,22H,3,8H2,1-2H3. The Morgan fingerprint density at radius 3 is 2.86 bits per heavy atom. The summed E-state index contributed by atoms with van der Waals surface area (Å²) in [5.41, 5.74) is 2.45. The molecule has 3 aromatic rings. The van der Waals surface area contributed by atoms with Crippen LogP contribution in [0, 0.1) is 12.7 Å². The smallest absolute Gasteiger partial charge is 0.166 e. The quantitative estimate of drug-likeness (QED) is 0.795. The third-order valence-electron chi connectivity index (χ3n) is 3.69. The highest BCUT2D eigenvalue weighted by Gasteiger charge is 2.16. The number of aryl methyl sites for hydroxylation is 1. The SMILES string of the molecule is CCCN(c1ccncc1F)n1cc(C)c2cc(O)ccc21. The van der Waals surface area contributed by atoms with E-state index in [1.54, 1.807) is 24.4 Å². The molecular weight excluding hydrogens is 281 g/mol. The molecule has 0 saturated heterocycles. The van der Waals surface area contributed by atoms with Gasteiger partial charge < -0.3 is 5.11 Å². The van der Waals surface area contributed by atoms with Gasteiger partial charge in [0, 0.05) is 24.3 Å². The van der Waals surface area contributed by atoms with Crippen LogP contribution in [0.1, 0.15) is 18.9 Å². The van der Waals surface area contributed by atoms with Crippen LogP contribution in [0.4, 0.5) is 10.1 Å². The van der Waals surface area contributed by atoms with Gasteiger partial charge in [0.2, 0.25) is 0 Å². The molecule has 0 aliphatic heterocycles. The first-order valence-electron chi connectivity index (χ1n) is 7.30. The van der Waals surface area contributed by atoms with E-state index in [-0.39, 0.29) is 11.6 Å². The first-order valence-corrected chi connectivity index (χ1v) is 7.30. The summed E-state index contributed by atoms with van der Waals surface area (Å²) in [6.07, 6.45) is 5.64. The molecule has 4 nitrogen and oxygen atoms in total. The zero-order valence-corrected chi connectivity index (χ0v) is 12.6. The zero-order valence-electron chi connectivity index (χ0n) is 12.6. The van der Waals surface area contributed by atoms with E-state index in [2.05, 4.69) is 11.9 Å². The lowest BCUT2D eigenvalue weighted by Crippen LogP contribution is -2.30. The van der Waals surface area contributed by atoms with Crippen molar-refractivity contribution in [1.29, 1.82) is 0 Å². The van der Waals surface area contributed by atoms with Crippen molar-refractivity contribution < 1.29 is 9.50 Å². The molecule has 0 fully saturated rings. The molecule has 0 bridgehead atoms. The summed E-state index contributed by atoms with van der Waals surface area (Å²) in [6, 6.07) is 6.89. The Morgan fingerprint density at radius 2 is 2.14 bits per heavy atom. The van der Waals surface area contributed by atoms with E-state index >= 15 is 0 Å². The molecule has 0 spiro atoms. The Labute approximate surface area is 128 Å². The largest absolute Gasteiger partial charge is 0.508 e. The van der Waals surface area contributed by atoms with Crippen LogP contribution in [0.5, 0.6) is 5.75 Å². The van der Waals surface area contributed by atoms with Gasteiger partial charge in [0.25, 0.3) is 0 Å². The first-order chi connectivity index (χ1) is 10.6. The van der Waals surface area contributed by atoms with Crippen molar-refractivity contribution in [3.05, 3.63) is 54.2 Å². The summed E-state index contributed by atoms with van der Waals surface area (Å²) in [5, 5.41) is 12.5. The lowest BCUT2D eigenvalue weighted by molar-refractivity contribution is 0.476. The Morgan fingerprint density at radius 1 is 1.32 bits per heavy atom. The third kappa shape index (κ3) is 2.39. The van der Waals surface area contributed by atoms with E-state index in [9.17, 15) is 9.50 Å². The molecule has 0 atom stereocenters. The molecule has 5 heteroatoms. The van der Waals surface area contributed by atoms with Gasteiger partial charge in [0.05, 0.1) is 17.4 Å². The molecule has 0 aliphatic rings. The Balaban J connectivity index is 2.19. The summed E-state index contributed by atoms with van der Waals surface area (Å²) < 4.78 is 16.1. The van der Waals surface area contributed by atoms with Crippen molar-refractivity contribution in [3.8, 4) is 5.75 Å².